The van der Waals surface area contributed by atoms with Crippen LogP contribution in [0.1, 0.15) is 81.9 Å². The lowest BCUT2D eigenvalue weighted by atomic mass is 9.92. The van der Waals surface area contributed by atoms with Gasteiger partial charge in [-0.15, -0.1) is 0 Å². The predicted molar refractivity (Wildman–Crippen MR) is 146 cm³/mol. The van der Waals surface area contributed by atoms with E-state index in [-0.39, 0.29) is 5.91 Å². The first-order valence-corrected chi connectivity index (χ1v) is 13.3. The molecule has 3 rings (SSSR count). The minimum Gasteiger partial charge on any atom is -0.431 e. The Balaban J connectivity index is 0.00000129. The van der Waals surface area contributed by atoms with Crippen molar-refractivity contribution in [2.24, 2.45) is 0 Å². The largest absolute Gasteiger partial charge is 0.431 e. The molecule has 1 amide bonds. The topological polar surface area (TPSA) is 67.2 Å². The number of oxazole rings is 1. The van der Waals surface area contributed by atoms with Crippen LogP contribution in [0.5, 0.6) is 0 Å². The number of rotatable bonds is 10. The molecule has 0 unspecified atom stereocenters. The van der Waals surface area contributed by atoms with Crippen LogP contribution < -0.4 is 10.6 Å². The number of amides is 1. The van der Waals surface area contributed by atoms with Gasteiger partial charge in [-0.1, -0.05) is 76.2 Å². The molecule has 1 heterocycles. The van der Waals surface area contributed by atoms with Gasteiger partial charge in [-0.05, 0) is 68.5 Å². The summed E-state index contributed by atoms with van der Waals surface area (Å²) in [6.07, 6.45) is 3.49. The summed E-state index contributed by atoms with van der Waals surface area (Å²) in [4.78, 5) is 17.2. The smallest absolute Gasteiger partial charge is 0.256 e. The Hall–Kier alpha value is -2.31. The van der Waals surface area contributed by atoms with Crippen LogP contribution in [0.4, 0.5) is 5.69 Å². The minimum atomic E-state index is 0.108. The maximum absolute atomic E-state index is 12.6. The normalized spacial score (nSPS) is 11.1. The number of carbonyl (C=O) groups excluding carboxylic acids is 1. The number of aromatic nitrogens is 1. The van der Waals surface area contributed by atoms with Crippen LogP contribution in [0, 0.1) is 6.92 Å². The predicted octanol–water partition coefficient (Wildman–Crippen LogP) is 7.51. The summed E-state index contributed by atoms with van der Waals surface area (Å²) in [5.41, 5.74) is 6.37. The monoisotopic (exact) mass is 483 g/mol. The zero-order valence-corrected chi connectivity index (χ0v) is 22.6. The molecule has 0 radical (unpaired) electrons. The van der Waals surface area contributed by atoms with Crippen LogP contribution in [-0.4, -0.2) is 30.7 Å². The Bertz CT molecular complexity index is 1020. The second kappa shape index (κ2) is 14.2. The Morgan fingerprint density at radius 2 is 1.59 bits per heavy atom. The van der Waals surface area contributed by atoms with E-state index in [2.05, 4.69) is 61.5 Å². The number of unbranched alkanes of at least 4 members (excludes halogenated alkanes) is 2. The maximum Gasteiger partial charge on any atom is 0.256 e. The molecule has 0 bridgehead atoms. The molecule has 0 aliphatic carbocycles. The molecule has 186 valence electrons. The molecule has 0 atom stereocenters. The van der Waals surface area contributed by atoms with Crippen molar-refractivity contribution < 1.29 is 9.21 Å². The molecule has 0 aliphatic rings. The van der Waals surface area contributed by atoms with Gasteiger partial charge < -0.3 is 15.1 Å². The molecule has 2 N–H and O–H groups in total. The third-order valence-electron chi connectivity index (χ3n) is 5.51. The van der Waals surface area contributed by atoms with Gasteiger partial charge in [0.2, 0.25) is 5.91 Å². The second-order valence-corrected chi connectivity index (χ2v) is 10.3. The maximum atomic E-state index is 12.6. The van der Waals surface area contributed by atoms with E-state index in [1.54, 1.807) is 11.8 Å². The van der Waals surface area contributed by atoms with E-state index in [9.17, 15) is 4.79 Å². The molecule has 0 spiro atoms. The number of nitrogens with one attached hydrogen (secondary N) is 2. The fraction of sp³-hybridized carbons (Fsp3) is 0.500. The Labute approximate surface area is 209 Å². The van der Waals surface area contributed by atoms with E-state index in [1.165, 1.54) is 11.1 Å². The molecule has 0 aliphatic heterocycles. The van der Waals surface area contributed by atoms with Crippen molar-refractivity contribution in [2.75, 3.05) is 25.2 Å². The second-order valence-electron chi connectivity index (χ2n) is 9.23. The van der Waals surface area contributed by atoms with Crippen molar-refractivity contribution >= 4 is 34.5 Å². The van der Waals surface area contributed by atoms with E-state index < -0.39 is 0 Å². The number of nitrogens with zero attached hydrogens (tertiary/aromatic N) is 1. The number of hydrogen-bond acceptors (Lipinski definition) is 5. The van der Waals surface area contributed by atoms with Gasteiger partial charge in [0.05, 0.1) is 0 Å². The summed E-state index contributed by atoms with van der Waals surface area (Å²) < 4.78 is 5.81. The van der Waals surface area contributed by atoms with Gasteiger partial charge in [-0.2, -0.15) is 0 Å². The van der Waals surface area contributed by atoms with Crippen LogP contribution in [0.2, 0.25) is 0 Å². The number of thioether (sulfide) groups is 1. The van der Waals surface area contributed by atoms with E-state index in [4.69, 9.17) is 4.42 Å². The van der Waals surface area contributed by atoms with Gasteiger partial charge in [-0.3, -0.25) is 4.79 Å². The first-order valence-electron chi connectivity index (χ1n) is 12.3. The van der Waals surface area contributed by atoms with Crippen molar-refractivity contribution in [3.05, 3.63) is 53.1 Å². The molecular formula is C28H41N3O2S. The highest BCUT2D eigenvalue weighted by Gasteiger charge is 2.15. The number of fused-ring (bicyclic) bond motifs is 1. The number of anilines is 1. The zero-order valence-electron chi connectivity index (χ0n) is 21.8. The van der Waals surface area contributed by atoms with E-state index in [1.807, 2.05) is 39.2 Å². The van der Waals surface area contributed by atoms with Crippen LogP contribution in [-0.2, 0) is 4.79 Å². The van der Waals surface area contributed by atoms with Crippen LogP contribution >= 0.6 is 11.8 Å². The van der Waals surface area contributed by atoms with E-state index in [0.717, 1.165) is 52.6 Å². The van der Waals surface area contributed by atoms with Crippen molar-refractivity contribution in [1.82, 2.24) is 10.3 Å². The van der Waals surface area contributed by atoms with Crippen molar-refractivity contribution in [1.29, 1.82) is 0 Å². The van der Waals surface area contributed by atoms with Gasteiger partial charge in [-0.25, -0.2) is 4.98 Å². The highest BCUT2D eigenvalue weighted by atomic mass is 32.2. The molecular weight excluding hydrogens is 442 g/mol. The fourth-order valence-electron chi connectivity index (χ4n) is 3.75. The summed E-state index contributed by atoms with van der Waals surface area (Å²) in [6.45, 7) is 10.7. The molecule has 0 fully saturated rings. The molecule has 0 saturated heterocycles. The van der Waals surface area contributed by atoms with Crippen LogP contribution in [0.3, 0.4) is 0 Å². The molecule has 6 heteroatoms. The standard InChI is InChI=1S/C26H34N2O2S.C2H7N/c1-17(2)20-12-10-13-21(18(3)4)25(20)27-23(29)15-7-6-8-16-31-26-28-24-19(5)11-9-14-22(24)30-26;1-3-2/h9-14,17-18H,6-8,15-16H2,1-5H3,(H,27,29);3H,1-2H3. The molecule has 5 nitrogen and oxygen atoms in total. The molecule has 0 saturated carbocycles. The van der Waals surface area contributed by atoms with Gasteiger partial charge in [0, 0.05) is 17.9 Å². The van der Waals surface area contributed by atoms with Gasteiger partial charge in [0.25, 0.3) is 5.22 Å². The number of aryl methyl sites for hydroxylation is 1. The average Bonchev–Trinajstić information content (AvgIpc) is 3.21. The quantitative estimate of drug-likeness (QED) is 0.231. The van der Waals surface area contributed by atoms with E-state index >= 15 is 0 Å². The van der Waals surface area contributed by atoms with Crippen LogP contribution in [0.15, 0.2) is 46.0 Å². The molecule has 2 aromatic carbocycles. The lowest BCUT2D eigenvalue weighted by Gasteiger charge is -2.20. The van der Waals surface area contributed by atoms with Gasteiger partial charge >= 0.3 is 0 Å². The van der Waals surface area contributed by atoms with Gasteiger partial charge in [0.1, 0.15) is 5.52 Å². The third kappa shape index (κ3) is 8.17. The van der Waals surface area contributed by atoms with E-state index in [0.29, 0.717) is 18.3 Å². The summed E-state index contributed by atoms with van der Waals surface area (Å²) in [6, 6.07) is 12.3. The zero-order chi connectivity index (χ0) is 25.1. The lowest BCUT2D eigenvalue weighted by molar-refractivity contribution is -0.116. The number of carbonyl (C=O) groups is 1. The number of para-hydroxylation sites is 2. The summed E-state index contributed by atoms with van der Waals surface area (Å²) >= 11 is 1.65. The summed E-state index contributed by atoms with van der Waals surface area (Å²) in [5.74, 6) is 1.81. The number of hydrogen-bond donors (Lipinski definition) is 2. The van der Waals surface area contributed by atoms with Crippen LogP contribution in [0.25, 0.3) is 11.1 Å². The Kier molecular flexibility index (Phi) is 11.6. The Morgan fingerprint density at radius 3 is 2.18 bits per heavy atom. The third-order valence-corrected chi connectivity index (χ3v) is 6.43. The average molecular weight is 484 g/mol. The summed E-state index contributed by atoms with van der Waals surface area (Å²) in [5, 5.41) is 6.69. The Morgan fingerprint density at radius 1 is 0.971 bits per heavy atom. The molecule has 3 aromatic rings. The summed E-state index contributed by atoms with van der Waals surface area (Å²) in [7, 11) is 3.75. The van der Waals surface area contributed by atoms with Crippen molar-refractivity contribution in [3.8, 4) is 0 Å². The number of benzene rings is 2. The van der Waals surface area contributed by atoms with Crippen molar-refractivity contribution in [3.63, 3.8) is 0 Å². The lowest BCUT2D eigenvalue weighted by Crippen LogP contribution is -2.15. The fourth-order valence-corrected chi connectivity index (χ4v) is 4.58. The highest BCUT2D eigenvalue weighted by Crippen LogP contribution is 2.32. The SMILES string of the molecule is CNC.Cc1cccc2oc(SCCCCCC(=O)Nc3c(C(C)C)cccc3C(C)C)nc12. The minimum absolute atomic E-state index is 0.108. The van der Waals surface area contributed by atoms with Gasteiger partial charge in [0.15, 0.2) is 5.58 Å². The highest BCUT2D eigenvalue weighted by molar-refractivity contribution is 7.99. The first-order chi connectivity index (χ1) is 16.3. The molecule has 1 aromatic heterocycles. The first kappa shape index (κ1) is 27.9. The molecule has 34 heavy (non-hydrogen) atoms. The van der Waals surface area contributed by atoms with Crippen molar-refractivity contribution in [2.45, 2.75) is 77.4 Å².